The fraction of sp³-hybridized carbons (Fsp3) is 0.529. The van der Waals surface area contributed by atoms with Crippen molar-refractivity contribution < 1.29 is 4.79 Å². The third-order valence-corrected chi connectivity index (χ3v) is 3.51. The molecule has 0 fully saturated rings. The van der Waals surface area contributed by atoms with E-state index in [4.69, 9.17) is 5.26 Å². The molecule has 0 unspecified atom stereocenters. The van der Waals surface area contributed by atoms with Crippen molar-refractivity contribution in [2.24, 2.45) is 5.41 Å². The summed E-state index contributed by atoms with van der Waals surface area (Å²) in [5.74, 6) is 0.0131. The number of nitriles is 1. The van der Waals surface area contributed by atoms with Crippen molar-refractivity contribution in [1.29, 1.82) is 5.26 Å². The maximum atomic E-state index is 11.5. The van der Waals surface area contributed by atoms with Gasteiger partial charge >= 0.3 is 0 Å². The van der Waals surface area contributed by atoms with Gasteiger partial charge in [0.15, 0.2) is 0 Å². The van der Waals surface area contributed by atoms with Gasteiger partial charge in [0, 0.05) is 30.8 Å². The molecule has 4 heteroatoms. The van der Waals surface area contributed by atoms with Crippen molar-refractivity contribution >= 4 is 17.3 Å². The van der Waals surface area contributed by atoms with Crippen molar-refractivity contribution in [3.05, 3.63) is 23.8 Å². The zero-order chi connectivity index (χ0) is 15.9. The minimum absolute atomic E-state index is 0.0131. The summed E-state index contributed by atoms with van der Waals surface area (Å²) in [5.41, 5.74) is 3.03. The molecule has 4 nitrogen and oxygen atoms in total. The summed E-state index contributed by atoms with van der Waals surface area (Å²) in [4.78, 5) is 11.5. The van der Waals surface area contributed by atoms with E-state index >= 15 is 0 Å². The van der Waals surface area contributed by atoms with Crippen LogP contribution in [-0.4, -0.2) is 12.5 Å². The Balaban J connectivity index is 2.72. The highest BCUT2D eigenvalue weighted by Gasteiger charge is 2.17. The van der Waals surface area contributed by atoms with E-state index in [1.54, 1.807) is 0 Å². The summed E-state index contributed by atoms with van der Waals surface area (Å²) in [7, 11) is 0. The Labute approximate surface area is 127 Å². The topological polar surface area (TPSA) is 64.9 Å². The lowest BCUT2D eigenvalue weighted by Crippen LogP contribution is -2.23. The van der Waals surface area contributed by atoms with Crippen molar-refractivity contribution in [3.8, 4) is 6.07 Å². The first-order valence-corrected chi connectivity index (χ1v) is 7.39. The number of benzene rings is 1. The lowest BCUT2D eigenvalue weighted by Gasteiger charge is -2.25. The zero-order valence-electron chi connectivity index (χ0n) is 13.4. The molecule has 0 radical (unpaired) electrons. The van der Waals surface area contributed by atoms with Gasteiger partial charge < -0.3 is 10.6 Å². The predicted molar refractivity (Wildman–Crippen MR) is 87.2 cm³/mol. The zero-order valence-corrected chi connectivity index (χ0v) is 13.4. The van der Waals surface area contributed by atoms with Gasteiger partial charge in [-0.2, -0.15) is 5.26 Å². The largest absolute Gasteiger partial charge is 0.384 e. The Hall–Kier alpha value is -2.02. The van der Waals surface area contributed by atoms with Crippen molar-refractivity contribution in [3.63, 3.8) is 0 Å². The number of hydrogen-bond donors (Lipinski definition) is 2. The van der Waals surface area contributed by atoms with E-state index in [2.05, 4.69) is 30.6 Å². The quantitative estimate of drug-likeness (QED) is 0.794. The molecule has 0 aliphatic carbocycles. The van der Waals surface area contributed by atoms with E-state index in [9.17, 15) is 4.79 Å². The van der Waals surface area contributed by atoms with Gasteiger partial charge in [-0.15, -0.1) is 0 Å². The van der Waals surface area contributed by atoms with Crippen LogP contribution in [0.4, 0.5) is 11.4 Å². The normalized spacial score (nSPS) is 10.8. The van der Waals surface area contributed by atoms with Crippen LogP contribution in [0.15, 0.2) is 18.2 Å². The van der Waals surface area contributed by atoms with Gasteiger partial charge in [0.1, 0.15) is 0 Å². The molecule has 21 heavy (non-hydrogen) atoms. The molecular formula is C17H25N3O. The van der Waals surface area contributed by atoms with Gasteiger partial charge in [-0.25, -0.2) is 0 Å². The smallest absolute Gasteiger partial charge is 0.224 e. The molecule has 0 spiro atoms. The van der Waals surface area contributed by atoms with Gasteiger partial charge in [-0.3, -0.25) is 4.79 Å². The second kappa shape index (κ2) is 7.68. The predicted octanol–water partition coefficient (Wildman–Crippen LogP) is 4.09. The minimum atomic E-state index is 0.0131. The molecule has 114 valence electrons. The van der Waals surface area contributed by atoms with E-state index in [0.717, 1.165) is 29.9 Å². The molecule has 2 N–H and O–H groups in total. The van der Waals surface area contributed by atoms with Crippen molar-refractivity contribution in [2.75, 3.05) is 17.2 Å². The molecule has 1 amide bonds. The summed E-state index contributed by atoms with van der Waals surface area (Å²) in [6, 6.07) is 8.06. The van der Waals surface area contributed by atoms with E-state index < -0.39 is 0 Å². The molecule has 1 aromatic rings. The monoisotopic (exact) mass is 287 g/mol. The number of carbonyl (C=O) groups excluding carboxylic acids is 1. The summed E-state index contributed by atoms with van der Waals surface area (Å²) >= 11 is 0. The highest BCUT2D eigenvalue weighted by molar-refractivity contribution is 5.91. The van der Waals surface area contributed by atoms with Crippen LogP contribution < -0.4 is 10.6 Å². The molecule has 0 aliphatic heterocycles. The standard InChI is InChI=1S/C17H25N3O/c1-5-16(21)20-14-8-7-13(2)15(11-14)19-12-17(3,4)9-6-10-18/h7-8,11,19H,5-6,9,12H2,1-4H3,(H,20,21). The van der Waals surface area contributed by atoms with Crippen LogP contribution in [-0.2, 0) is 4.79 Å². The van der Waals surface area contributed by atoms with E-state index in [1.807, 2.05) is 32.0 Å². The van der Waals surface area contributed by atoms with Crippen LogP contribution >= 0.6 is 0 Å². The average Bonchev–Trinajstić information content (AvgIpc) is 2.45. The summed E-state index contributed by atoms with van der Waals surface area (Å²) < 4.78 is 0. The number of hydrogen-bond acceptors (Lipinski definition) is 3. The second-order valence-electron chi connectivity index (χ2n) is 6.11. The summed E-state index contributed by atoms with van der Waals surface area (Å²) in [5, 5.41) is 15.0. The van der Waals surface area contributed by atoms with Crippen LogP contribution in [0.5, 0.6) is 0 Å². The maximum Gasteiger partial charge on any atom is 0.224 e. The van der Waals surface area contributed by atoms with E-state index in [1.165, 1.54) is 0 Å². The molecule has 0 bridgehead atoms. The highest BCUT2D eigenvalue weighted by Crippen LogP contribution is 2.25. The molecule has 0 aromatic heterocycles. The first-order chi connectivity index (χ1) is 9.88. The number of rotatable bonds is 7. The third-order valence-electron chi connectivity index (χ3n) is 3.51. The molecule has 0 heterocycles. The van der Waals surface area contributed by atoms with Gasteiger partial charge in [0.2, 0.25) is 5.91 Å². The second-order valence-corrected chi connectivity index (χ2v) is 6.11. The van der Waals surface area contributed by atoms with Gasteiger partial charge in [-0.05, 0) is 36.5 Å². The van der Waals surface area contributed by atoms with Crippen LogP contribution in [0.1, 0.15) is 45.6 Å². The van der Waals surface area contributed by atoms with Crippen LogP contribution in [0.2, 0.25) is 0 Å². The number of aryl methyl sites for hydroxylation is 1. The number of anilines is 2. The lowest BCUT2D eigenvalue weighted by molar-refractivity contribution is -0.115. The van der Waals surface area contributed by atoms with E-state index in [-0.39, 0.29) is 11.3 Å². The van der Waals surface area contributed by atoms with Crippen LogP contribution in [0, 0.1) is 23.7 Å². The molecule has 1 aromatic carbocycles. The van der Waals surface area contributed by atoms with Gasteiger partial charge in [0.05, 0.1) is 6.07 Å². The molecule has 1 rings (SSSR count). The highest BCUT2D eigenvalue weighted by atomic mass is 16.1. The fourth-order valence-corrected chi connectivity index (χ4v) is 1.96. The van der Waals surface area contributed by atoms with E-state index in [0.29, 0.717) is 12.8 Å². The number of carbonyl (C=O) groups is 1. The Bertz CT molecular complexity index is 529. The SMILES string of the molecule is CCC(=O)Nc1ccc(C)c(NCC(C)(C)CCC#N)c1. The Morgan fingerprint density at radius 3 is 2.71 bits per heavy atom. The Kier molecular flexibility index (Phi) is 6.23. The minimum Gasteiger partial charge on any atom is -0.384 e. The van der Waals surface area contributed by atoms with Gasteiger partial charge in [-0.1, -0.05) is 26.8 Å². The summed E-state index contributed by atoms with van der Waals surface area (Å²) in [6.45, 7) is 8.96. The Morgan fingerprint density at radius 2 is 2.10 bits per heavy atom. The number of amides is 1. The van der Waals surface area contributed by atoms with Crippen LogP contribution in [0.25, 0.3) is 0 Å². The van der Waals surface area contributed by atoms with Crippen molar-refractivity contribution in [1.82, 2.24) is 0 Å². The fourth-order valence-electron chi connectivity index (χ4n) is 1.96. The first-order valence-electron chi connectivity index (χ1n) is 7.39. The molecular weight excluding hydrogens is 262 g/mol. The third kappa shape index (κ3) is 5.86. The van der Waals surface area contributed by atoms with Crippen molar-refractivity contribution in [2.45, 2.75) is 47.0 Å². The number of nitrogens with one attached hydrogen (secondary N) is 2. The van der Waals surface area contributed by atoms with Crippen LogP contribution in [0.3, 0.4) is 0 Å². The number of nitrogens with zero attached hydrogens (tertiary/aromatic N) is 1. The Morgan fingerprint density at radius 1 is 1.38 bits per heavy atom. The molecule has 0 aliphatic rings. The maximum absolute atomic E-state index is 11.5. The molecule has 0 atom stereocenters. The summed E-state index contributed by atoms with van der Waals surface area (Å²) in [6.07, 6.45) is 1.90. The average molecular weight is 287 g/mol. The molecule has 0 saturated heterocycles. The lowest BCUT2D eigenvalue weighted by atomic mass is 9.88. The van der Waals surface area contributed by atoms with Gasteiger partial charge in [0.25, 0.3) is 0 Å². The molecule has 0 saturated carbocycles. The first kappa shape index (κ1) is 17.0.